The van der Waals surface area contributed by atoms with Crippen molar-refractivity contribution in [1.29, 1.82) is 0 Å². The Hall–Kier alpha value is -4.96. The maximum Gasteiger partial charge on any atom is 0.270 e. The van der Waals surface area contributed by atoms with Gasteiger partial charge in [-0.05, 0) is 12.1 Å². The van der Waals surface area contributed by atoms with Crippen LogP contribution in [0.2, 0.25) is 0 Å². The van der Waals surface area contributed by atoms with Gasteiger partial charge in [-0.25, -0.2) is 0 Å². The van der Waals surface area contributed by atoms with Crippen molar-refractivity contribution >= 4 is 35.0 Å². The fourth-order valence-corrected chi connectivity index (χ4v) is 3.51. The minimum absolute atomic E-state index is 0.0193. The topological polar surface area (TPSA) is 209 Å². The van der Waals surface area contributed by atoms with Crippen molar-refractivity contribution in [2.75, 3.05) is 39.3 Å². The van der Waals surface area contributed by atoms with E-state index >= 15 is 0 Å². The van der Waals surface area contributed by atoms with E-state index in [1.807, 2.05) is 9.80 Å². The zero-order valence-electron chi connectivity index (χ0n) is 19.9. The minimum Gasteiger partial charge on any atom is -0.292 e. The maximum atomic E-state index is 12.2. The molecule has 0 radical (unpaired) electrons. The molecule has 1 fully saturated rings. The predicted molar refractivity (Wildman–Crippen MR) is 130 cm³/mol. The monoisotopic (exact) mass is 528 g/mol. The third-order valence-electron chi connectivity index (χ3n) is 5.47. The fourth-order valence-electron chi connectivity index (χ4n) is 3.51. The molecule has 3 rings (SSSR count). The number of nitrogens with zero attached hydrogens (tertiary/aromatic N) is 4. The Morgan fingerprint density at radius 1 is 0.658 bits per heavy atom. The Bertz CT molecular complexity index is 1150. The number of rotatable bonds is 8. The van der Waals surface area contributed by atoms with Crippen LogP contribution in [0.4, 0.5) is 11.4 Å². The summed E-state index contributed by atoms with van der Waals surface area (Å²) >= 11 is 0. The molecular formula is C22H24N8O8. The zero-order chi connectivity index (χ0) is 27.7. The van der Waals surface area contributed by atoms with Gasteiger partial charge in [0.25, 0.3) is 35.0 Å². The van der Waals surface area contributed by atoms with E-state index in [-0.39, 0.29) is 35.6 Å². The average Bonchev–Trinajstić information content (AvgIpc) is 2.91. The second-order valence-corrected chi connectivity index (χ2v) is 8.17. The van der Waals surface area contributed by atoms with Crippen molar-refractivity contribution in [3.05, 3.63) is 79.9 Å². The second kappa shape index (κ2) is 12.8. The fraction of sp³-hybridized carbons (Fsp3) is 0.273. The van der Waals surface area contributed by atoms with Gasteiger partial charge in [0.1, 0.15) is 0 Å². The number of piperazine rings is 1. The van der Waals surface area contributed by atoms with Gasteiger partial charge in [0.05, 0.1) is 22.9 Å². The van der Waals surface area contributed by atoms with Crippen molar-refractivity contribution in [2.45, 2.75) is 0 Å². The van der Waals surface area contributed by atoms with Crippen LogP contribution in [-0.4, -0.2) is 82.5 Å². The number of nitrogens with one attached hydrogen (secondary N) is 4. The molecule has 4 N–H and O–H groups in total. The highest BCUT2D eigenvalue weighted by Gasteiger charge is 2.21. The summed E-state index contributed by atoms with van der Waals surface area (Å²) in [5.74, 6) is -2.37. The van der Waals surface area contributed by atoms with E-state index in [9.17, 15) is 39.4 Å². The lowest BCUT2D eigenvalue weighted by molar-refractivity contribution is -0.385. The number of carbonyl (C=O) groups is 4. The molecule has 16 nitrogen and oxygen atoms in total. The van der Waals surface area contributed by atoms with Gasteiger partial charge < -0.3 is 0 Å². The third-order valence-corrected chi connectivity index (χ3v) is 5.47. The largest absolute Gasteiger partial charge is 0.292 e. The lowest BCUT2D eigenvalue weighted by atomic mass is 10.2. The van der Waals surface area contributed by atoms with Crippen LogP contribution in [0.15, 0.2) is 48.5 Å². The molecule has 0 unspecified atom stereocenters. The lowest BCUT2D eigenvalue weighted by Gasteiger charge is -2.33. The summed E-state index contributed by atoms with van der Waals surface area (Å²) < 4.78 is 0. The molecule has 0 spiro atoms. The van der Waals surface area contributed by atoms with Gasteiger partial charge in [0.2, 0.25) is 0 Å². The molecule has 16 heteroatoms. The molecule has 2 aromatic carbocycles. The molecule has 1 aliphatic heterocycles. The highest BCUT2D eigenvalue weighted by atomic mass is 16.6. The van der Waals surface area contributed by atoms with Gasteiger partial charge in [-0.3, -0.25) is 70.9 Å². The van der Waals surface area contributed by atoms with Crippen LogP contribution in [0.3, 0.4) is 0 Å². The minimum atomic E-state index is -0.699. The maximum absolute atomic E-state index is 12.2. The molecule has 0 saturated carbocycles. The SMILES string of the molecule is O=C(CN1CCN(CC(=O)NNC(=O)c2cccc([N+](=O)[O-])c2)CC1)NNC(=O)c1cccc([N+](=O)[O-])c1. The number of hydrazine groups is 2. The first-order valence-corrected chi connectivity index (χ1v) is 11.2. The summed E-state index contributed by atoms with van der Waals surface area (Å²) in [5, 5.41) is 21.7. The van der Waals surface area contributed by atoms with Crippen molar-refractivity contribution in [1.82, 2.24) is 31.5 Å². The molecule has 1 saturated heterocycles. The van der Waals surface area contributed by atoms with Gasteiger partial charge in [-0.2, -0.15) is 0 Å². The Morgan fingerprint density at radius 2 is 1.03 bits per heavy atom. The summed E-state index contributed by atoms with van der Waals surface area (Å²) in [4.78, 5) is 72.6. The molecule has 1 heterocycles. The average molecular weight is 528 g/mol. The Labute approximate surface area is 215 Å². The molecule has 0 aromatic heterocycles. The Morgan fingerprint density at radius 3 is 1.37 bits per heavy atom. The lowest BCUT2D eigenvalue weighted by Crippen LogP contribution is -2.54. The van der Waals surface area contributed by atoms with Crippen LogP contribution >= 0.6 is 0 Å². The highest BCUT2D eigenvalue weighted by molar-refractivity contribution is 5.96. The third kappa shape index (κ3) is 8.04. The van der Waals surface area contributed by atoms with Crippen LogP contribution in [-0.2, 0) is 9.59 Å². The first-order valence-electron chi connectivity index (χ1n) is 11.2. The van der Waals surface area contributed by atoms with Crippen LogP contribution in [0, 0.1) is 20.2 Å². The summed E-state index contributed by atoms with van der Waals surface area (Å²) in [6, 6.07) is 10.2. The van der Waals surface area contributed by atoms with Crippen molar-refractivity contribution < 1.29 is 29.0 Å². The van der Waals surface area contributed by atoms with Crippen LogP contribution in [0.5, 0.6) is 0 Å². The molecule has 38 heavy (non-hydrogen) atoms. The smallest absolute Gasteiger partial charge is 0.270 e. The quantitative estimate of drug-likeness (QED) is 0.251. The van der Waals surface area contributed by atoms with Crippen molar-refractivity contribution in [2.24, 2.45) is 0 Å². The van der Waals surface area contributed by atoms with E-state index < -0.39 is 33.5 Å². The molecule has 2 aromatic rings. The number of nitro benzene ring substituents is 2. The number of hydrogen-bond acceptors (Lipinski definition) is 10. The van der Waals surface area contributed by atoms with E-state index in [1.165, 1.54) is 36.4 Å². The van der Waals surface area contributed by atoms with Gasteiger partial charge in [0.15, 0.2) is 0 Å². The van der Waals surface area contributed by atoms with E-state index in [4.69, 9.17) is 0 Å². The van der Waals surface area contributed by atoms with Gasteiger partial charge in [-0.15, -0.1) is 0 Å². The number of hydrogen-bond donors (Lipinski definition) is 4. The Kier molecular flexibility index (Phi) is 9.33. The Balaban J connectivity index is 1.34. The van der Waals surface area contributed by atoms with Crippen molar-refractivity contribution in [3.63, 3.8) is 0 Å². The molecule has 0 bridgehead atoms. The standard InChI is InChI=1S/C22H24N8O8/c31-19(23-25-21(33)15-3-1-5-17(11-15)29(35)36)13-27-7-9-28(10-8-27)14-20(32)24-26-22(34)16-4-2-6-18(12-16)30(37)38/h1-6,11-12H,7-10,13-14H2,(H,23,31)(H,24,32)(H,25,33)(H,26,34). The first kappa shape index (κ1) is 27.6. The first-order chi connectivity index (χ1) is 18.1. The summed E-state index contributed by atoms with van der Waals surface area (Å²) in [5.41, 5.74) is 8.50. The van der Waals surface area contributed by atoms with Gasteiger partial charge >= 0.3 is 0 Å². The summed E-state index contributed by atoms with van der Waals surface area (Å²) in [7, 11) is 0. The predicted octanol–water partition coefficient (Wildman–Crippen LogP) is -0.657. The van der Waals surface area contributed by atoms with Crippen LogP contribution in [0.25, 0.3) is 0 Å². The van der Waals surface area contributed by atoms with Gasteiger partial charge in [-0.1, -0.05) is 12.1 Å². The van der Waals surface area contributed by atoms with Crippen LogP contribution in [0.1, 0.15) is 20.7 Å². The number of non-ortho nitro benzene ring substituents is 2. The zero-order valence-corrected chi connectivity index (χ0v) is 19.9. The van der Waals surface area contributed by atoms with Gasteiger partial charge in [0, 0.05) is 61.6 Å². The number of carbonyl (C=O) groups excluding carboxylic acids is 4. The molecule has 0 aliphatic carbocycles. The van der Waals surface area contributed by atoms with E-state index in [1.54, 1.807) is 0 Å². The molecule has 1 aliphatic rings. The van der Waals surface area contributed by atoms with Crippen LogP contribution < -0.4 is 21.7 Å². The second-order valence-electron chi connectivity index (χ2n) is 8.17. The van der Waals surface area contributed by atoms with E-state index in [0.717, 1.165) is 12.1 Å². The summed E-state index contributed by atoms with van der Waals surface area (Å²) in [6.45, 7) is 1.79. The molecule has 4 amide bonds. The van der Waals surface area contributed by atoms with Crippen molar-refractivity contribution in [3.8, 4) is 0 Å². The van der Waals surface area contributed by atoms with E-state index in [0.29, 0.717) is 26.2 Å². The highest BCUT2D eigenvalue weighted by Crippen LogP contribution is 2.13. The normalized spacial score (nSPS) is 13.7. The summed E-state index contributed by atoms with van der Waals surface area (Å²) in [6.07, 6.45) is 0. The van der Waals surface area contributed by atoms with E-state index in [2.05, 4.69) is 21.7 Å². The number of amides is 4. The molecule has 200 valence electrons. The number of benzene rings is 2. The molecule has 0 atom stereocenters. The number of nitro groups is 2. The molecular weight excluding hydrogens is 504 g/mol.